The summed E-state index contributed by atoms with van der Waals surface area (Å²) in [6.07, 6.45) is 0.882. The zero-order valence-corrected chi connectivity index (χ0v) is 21.7. The Kier molecular flexibility index (Phi) is 8.23. The van der Waals surface area contributed by atoms with E-state index in [0.717, 1.165) is 4.47 Å². The van der Waals surface area contributed by atoms with Gasteiger partial charge in [-0.15, -0.1) is 0 Å². The van der Waals surface area contributed by atoms with Crippen molar-refractivity contribution in [3.8, 4) is 5.75 Å². The Balaban J connectivity index is 2.11. The summed E-state index contributed by atoms with van der Waals surface area (Å²) in [6.45, 7) is 5.28. The zero-order valence-electron chi connectivity index (χ0n) is 19.3. The van der Waals surface area contributed by atoms with Crippen LogP contribution in [0.15, 0.2) is 44.7 Å². The Morgan fingerprint density at radius 2 is 2.06 bits per heavy atom. The highest BCUT2D eigenvalue weighted by atomic mass is 79.9. The van der Waals surface area contributed by atoms with Gasteiger partial charge in [0.05, 0.1) is 34.2 Å². The van der Waals surface area contributed by atoms with Crippen LogP contribution in [0.5, 0.6) is 5.75 Å². The Labute approximate surface area is 213 Å². The van der Waals surface area contributed by atoms with Crippen LogP contribution < -0.4 is 10.3 Å². The summed E-state index contributed by atoms with van der Waals surface area (Å²) >= 11 is 9.61. The lowest BCUT2D eigenvalue weighted by atomic mass is 10.1. The van der Waals surface area contributed by atoms with Crippen LogP contribution in [0.3, 0.4) is 0 Å². The fraction of sp³-hybridized carbons (Fsp3) is 0.304. The molecular weight excluding hydrogens is 544 g/mol. The molecule has 0 aliphatic rings. The largest absolute Gasteiger partial charge is 0.471 e. The zero-order chi connectivity index (χ0) is 25.9. The molecule has 0 bridgehead atoms. The number of esters is 1. The van der Waals surface area contributed by atoms with Crippen LogP contribution >= 0.6 is 27.5 Å². The molecule has 12 heteroatoms. The lowest BCUT2D eigenvalue weighted by molar-refractivity contribution is -0.386. The number of nitro benzene ring substituents is 1. The molecule has 2 aromatic carbocycles. The first-order valence-electron chi connectivity index (χ1n) is 10.6. The molecule has 0 saturated carbocycles. The maximum Gasteiger partial charge on any atom is 0.346 e. The molecule has 35 heavy (non-hydrogen) atoms. The number of rotatable bonds is 8. The number of halogens is 2. The fourth-order valence-corrected chi connectivity index (χ4v) is 3.85. The van der Waals surface area contributed by atoms with Gasteiger partial charge in [0.25, 0.3) is 5.56 Å². The first kappa shape index (κ1) is 26.3. The van der Waals surface area contributed by atoms with E-state index in [0.29, 0.717) is 23.1 Å². The summed E-state index contributed by atoms with van der Waals surface area (Å²) in [7, 11) is 1.17. The molecule has 2 atom stereocenters. The predicted octanol–water partition coefficient (Wildman–Crippen LogP) is 5.06. The number of nitrogens with zero attached hydrogens (tertiary/aromatic N) is 4. The SMILES string of the molecule is CC[C@@H](C)c1nc2ccc(Br)cc2c(=O)n1N=Cc1cc(Cl)c(O[C@@H](C)C(=O)OC)c([N+](=O)[O-])c1. The highest BCUT2D eigenvalue weighted by Crippen LogP contribution is 2.36. The fourth-order valence-electron chi connectivity index (χ4n) is 3.22. The Morgan fingerprint density at radius 3 is 2.69 bits per heavy atom. The highest BCUT2D eigenvalue weighted by molar-refractivity contribution is 9.10. The molecule has 1 aromatic heterocycles. The van der Waals surface area contributed by atoms with E-state index in [9.17, 15) is 19.7 Å². The number of methoxy groups -OCH3 is 1. The normalized spacial score (nSPS) is 13.1. The van der Waals surface area contributed by atoms with E-state index in [-0.39, 0.29) is 27.8 Å². The molecule has 0 fully saturated rings. The van der Waals surface area contributed by atoms with Gasteiger partial charge < -0.3 is 9.47 Å². The van der Waals surface area contributed by atoms with Crippen molar-refractivity contribution in [3.05, 3.63) is 71.7 Å². The minimum atomic E-state index is -1.12. The Bertz CT molecular complexity index is 1390. The van der Waals surface area contributed by atoms with Gasteiger partial charge in [-0.3, -0.25) is 14.9 Å². The molecule has 0 unspecified atom stereocenters. The van der Waals surface area contributed by atoms with Crippen LogP contribution in [0.1, 0.15) is 44.5 Å². The third kappa shape index (κ3) is 5.68. The summed E-state index contributed by atoms with van der Waals surface area (Å²) in [5.41, 5.74) is -0.0592. The van der Waals surface area contributed by atoms with Gasteiger partial charge in [0, 0.05) is 22.0 Å². The molecule has 184 valence electrons. The number of fused-ring (bicyclic) bond motifs is 1. The maximum atomic E-state index is 13.2. The average molecular weight is 566 g/mol. The van der Waals surface area contributed by atoms with Crippen molar-refractivity contribution in [2.24, 2.45) is 5.10 Å². The molecular formula is C23H22BrClN4O6. The van der Waals surface area contributed by atoms with Crippen LogP contribution in [-0.4, -0.2) is 40.0 Å². The quantitative estimate of drug-likeness (QED) is 0.162. The van der Waals surface area contributed by atoms with Crippen LogP contribution in [0.2, 0.25) is 5.02 Å². The van der Waals surface area contributed by atoms with Gasteiger partial charge in [-0.2, -0.15) is 9.78 Å². The topological polar surface area (TPSA) is 126 Å². The number of ether oxygens (including phenoxy) is 2. The van der Waals surface area contributed by atoms with E-state index in [4.69, 9.17) is 16.3 Å². The van der Waals surface area contributed by atoms with Gasteiger partial charge in [0.1, 0.15) is 5.82 Å². The van der Waals surface area contributed by atoms with Crippen molar-refractivity contribution in [3.63, 3.8) is 0 Å². The van der Waals surface area contributed by atoms with Crippen molar-refractivity contribution in [1.82, 2.24) is 9.66 Å². The molecule has 0 spiro atoms. The first-order chi connectivity index (χ1) is 16.6. The maximum absolute atomic E-state index is 13.2. The van der Waals surface area contributed by atoms with Gasteiger partial charge >= 0.3 is 11.7 Å². The lowest BCUT2D eigenvalue weighted by Crippen LogP contribution is -2.25. The van der Waals surface area contributed by atoms with Crippen molar-refractivity contribution in [2.45, 2.75) is 39.2 Å². The minimum absolute atomic E-state index is 0.0820. The number of carbonyl (C=O) groups excluding carboxylic acids is 1. The second-order valence-corrected chi connectivity index (χ2v) is 9.02. The molecule has 0 N–H and O–H groups in total. The molecule has 3 rings (SSSR count). The average Bonchev–Trinajstić information content (AvgIpc) is 2.83. The van der Waals surface area contributed by atoms with Crippen molar-refractivity contribution >= 4 is 56.3 Å². The standard InChI is InChI=1S/C23H22BrClN4O6/c1-5-12(2)21-27-18-7-6-15(24)10-16(18)22(30)28(21)26-11-14-8-17(25)20(19(9-14)29(32)33)35-13(3)23(31)34-4/h6-13H,5H2,1-4H3/t12-,13+/m1/s1. The molecule has 10 nitrogen and oxygen atoms in total. The van der Waals surface area contributed by atoms with Crippen LogP contribution in [0, 0.1) is 10.1 Å². The van der Waals surface area contributed by atoms with Crippen LogP contribution in [0.4, 0.5) is 5.69 Å². The Morgan fingerprint density at radius 1 is 1.34 bits per heavy atom. The van der Waals surface area contributed by atoms with Gasteiger partial charge in [0.2, 0.25) is 5.75 Å². The van der Waals surface area contributed by atoms with E-state index in [1.54, 1.807) is 18.2 Å². The number of hydrogen-bond donors (Lipinski definition) is 0. The second kappa shape index (κ2) is 11.0. The lowest BCUT2D eigenvalue weighted by Gasteiger charge is -2.15. The van der Waals surface area contributed by atoms with Gasteiger partial charge in [0.15, 0.2) is 6.10 Å². The van der Waals surface area contributed by atoms with Crippen LogP contribution in [-0.2, 0) is 9.53 Å². The van der Waals surface area contributed by atoms with E-state index in [1.807, 2.05) is 13.8 Å². The monoisotopic (exact) mass is 564 g/mol. The van der Waals surface area contributed by atoms with Gasteiger partial charge in [-0.05, 0) is 37.6 Å². The summed E-state index contributed by atoms with van der Waals surface area (Å²) < 4.78 is 11.9. The summed E-state index contributed by atoms with van der Waals surface area (Å²) in [4.78, 5) is 40.5. The number of hydrogen-bond acceptors (Lipinski definition) is 8. The molecule has 0 radical (unpaired) electrons. The number of benzene rings is 2. The van der Waals surface area contributed by atoms with Crippen LogP contribution in [0.25, 0.3) is 10.9 Å². The molecule has 0 aliphatic carbocycles. The highest BCUT2D eigenvalue weighted by Gasteiger charge is 2.25. The summed E-state index contributed by atoms with van der Waals surface area (Å²) in [5.74, 6) is -0.618. The van der Waals surface area contributed by atoms with E-state index in [1.165, 1.54) is 37.1 Å². The molecule has 1 heterocycles. The number of aromatic nitrogens is 2. The first-order valence-corrected chi connectivity index (χ1v) is 11.7. The third-order valence-electron chi connectivity index (χ3n) is 5.28. The second-order valence-electron chi connectivity index (χ2n) is 7.69. The molecule has 0 aliphatic heterocycles. The van der Waals surface area contributed by atoms with Crippen molar-refractivity contribution < 1.29 is 19.2 Å². The summed E-state index contributed by atoms with van der Waals surface area (Å²) in [5, 5.41) is 16.2. The predicted molar refractivity (Wildman–Crippen MR) is 136 cm³/mol. The van der Waals surface area contributed by atoms with Crippen molar-refractivity contribution in [2.75, 3.05) is 7.11 Å². The number of nitro groups is 1. The third-order valence-corrected chi connectivity index (χ3v) is 6.05. The number of carbonyl (C=O) groups is 1. The Hall–Kier alpha value is -3.31. The van der Waals surface area contributed by atoms with E-state index < -0.39 is 22.7 Å². The van der Waals surface area contributed by atoms with E-state index in [2.05, 4.69) is 30.8 Å². The molecule has 3 aromatic rings. The van der Waals surface area contributed by atoms with E-state index >= 15 is 0 Å². The molecule has 0 amide bonds. The summed E-state index contributed by atoms with van der Waals surface area (Å²) in [6, 6.07) is 7.78. The molecule has 0 saturated heterocycles. The van der Waals surface area contributed by atoms with Gasteiger partial charge in [-0.1, -0.05) is 41.4 Å². The minimum Gasteiger partial charge on any atom is -0.471 e. The smallest absolute Gasteiger partial charge is 0.346 e. The van der Waals surface area contributed by atoms with Gasteiger partial charge in [-0.25, -0.2) is 9.78 Å². The van der Waals surface area contributed by atoms with Crippen molar-refractivity contribution in [1.29, 1.82) is 0 Å².